The zero-order valence-corrected chi connectivity index (χ0v) is 13.7. The average molecular weight is 270 g/mol. The van der Waals surface area contributed by atoms with Crippen molar-refractivity contribution in [2.75, 3.05) is 0 Å². The lowest BCUT2D eigenvalue weighted by Crippen LogP contribution is -2.56. The summed E-state index contributed by atoms with van der Waals surface area (Å²) >= 11 is 0. The van der Waals surface area contributed by atoms with Crippen LogP contribution in [0.25, 0.3) is 0 Å². The van der Waals surface area contributed by atoms with Crippen molar-refractivity contribution in [3.63, 3.8) is 0 Å². The topological polar surface area (TPSA) is 43.1 Å². The van der Waals surface area contributed by atoms with E-state index in [9.17, 15) is 4.79 Å². The van der Waals surface area contributed by atoms with Crippen molar-refractivity contribution in [2.45, 2.75) is 83.0 Å². The Labute approximate surface area is 114 Å². The summed E-state index contributed by atoms with van der Waals surface area (Å²) in [5.74, 6) is 0.131. The molecule has 1 rings (SSSR count). The molecule has 2 nitrogen and oxygen atoms in total. The number of primary amides is 1. The Morgan fingerprint density at radius 1 is 1.28 bits per heavy atom. The second-order valence-corrected chi connectivity index (χ2v) is 11.6. The molecule has 0 aromatic heterocycles. The van der Waals surface area contributed by atoms with E-state index in [-0.39, 0.29) is 16.9 Å². The van der Waals surface area contributed by atoms with Crippen molar-refractivity contribution < 1.29 is 4.79 Å². The molecule has 0 aromatic carbocycles. The molecule has 2 N–H and O–H groups in total. The summed E-state index contributed by atoms with van der Waals surface area (Å²) in [4.78, 5) is 12.0. The molecule has 2 atom stereocenters. The first-order valence-electron chi connectivity index (χ1n) is 7.82. The van der Waals surface area contributed by atoms with E-state index in [1.54, 1.807) is 0 Å². The van der Waals surface area contributed by atoms with Crippen LogP contribution in [-0.2, 0) is 4.79 Å². The molecule has 1 heterocycles. The Morgan fingerprint density at radius 2 is 1.89 bits per heavy atom. The maximum Gasteiger partial charge on any atom is 0.220 e. The Balaban J connectivity index is 3.26. The summed E-state index contributed by atoms with van der Waals surface area (Å²) in [5, 5.41) is 0.287. The number of carbonyl (C=O) groups excluding carboxylic acids is 1. The van der Waals surface area contributed by atoms with Gasteiger partial charge in [-0.1, -0.05) is 65.1 Å². The van der Waals surface area contributed by atoms with Gasteiger partial charge in [0, 0.05) is 5.92 Å². The highest BCUT2D eigenvalue weighted by Gasteiger charge is 2.56. The second-order valence-electron chi connectivity index (χ2n) is 6.09. The summed E-state index contributed by atoms with van der Waals surface area (Å²) < 4.78 is 0. The van der Waals surface area contributed by atoms with Crippen LogP contribution >= 0.6 is 0 Å². The van der Waals surface area contributed by atoms with Crippen LogP contribution in [0.15, 0.2) is 0 Å². The van der Waals surface area contributed by atoms with Crippen LogP contribution in [0, 0.1) is 5.92 Å². The maximum absolute atomic E-state index is 12.0. The van der Waals surface area contributed by atoms with Crippen LogP contribution in [0.4, 0.5) is 0 Å². The number of carbonyl (C=O) groups is 1. The number of nitrogens with two attached hydrogens (primary N) is 1. The summed E-state index contributed by atoms with van der Waals surface area (Å²) in [6.07, 6.45) is 5.82. The molecule has 0 bridgehead atoms. The molecule has 1 aliphatic rings. The number of rotatable bonds is 6. The monoisotopic (exact) mass is 269 g/mol. The van der Waals surface area contributed by atoms with Gasteiger partial charge in [-0.3, -0.25) is 4.79 Å². The molecule has 0 aromatic rings. The fourth-order valence-corrected chi connectivity index (χ4v) is 11.5. The Kier molecular flexibility index (Phi) is 5.44. The van der Waals surface area contributed by atoms with Crippen LogP contribution in [0.2, 0.25) is 23.2 Å². The van der Waals surface area contributed by atoms with Gasteiger partial charge in [-0.05, 0) is 17.9 Å². The molecule has 1 aliphatic heterocycles. The van der Waals surface area contributed by atoms with Crippen molar-refractivity contribution in [2.24, 2.45) is 11.7 Å². The molecular weight excluding hydrogens is 238 g/mol. The summed E-state index contributed by atoms with van der Waals surface area (Å²) in [6.45, 7) is 9.27. The first kappa shape index (κ1) is 15.7. The number of hydrogen-bond donors (Lipinski definition) is 1. The van der Waals surface area contributed by atoms with E-state index in [1.165, 1.54) is 37.4 Å². The molecule has 2 unspecified atom stereocenters. The number of amides is 1. The fourth-order valence-electron chi connectivity index (χ4n) is 4.95. The third kappa shape index (κ3) is 2.26. The smallest absolute Gasteiger partial charge is 0.220 e. The first-order chi connectivity index (χ1) is 8.53. The van der Waals surface area contributed by atoms with E-state index in [0.29, 0.717) is 0 Å². The van der Waals surface area contributed by atoms with E-state index in [2.05, 4.69) is 27.7 Å². The van der Waals surface area contributed by atoms with E-state index >= 15 is 0 Å². The molecule has 0 aliphatic carbocycles. The van der Waals surface area contributed by atoms with Crippen LogP contribution in [-0.4, -0.2) is 14.0 Å². The highest BCUT2D eigenvalue weighted by atomic mass is 28.3. The fraction of sp³-hybridized carbons (Fsp3) is 0.933. The Hall–Kier alpha value is -0.313. The van der Waals surface area contributed by atoms with Crippen molar-refractivity contribution >= 4 is 14.0 Å². The van der Waals surface area contributed by atoms with Gasteiger partial charge in [0.2, 0.25) is 5.91 Å². The second kappa shape index (κ2) is 6.22. The highest BCUT2D eigenvalue weighted by molar-refractivity contribution is 6.83. The van der Waals surface area contributed by atoms with E-state index in [4.69, 9.17) is 5.73 Å². The standard InChI is InChI=1S/C15H31NOSi/c1-5-11-15(6-2)13(14(16)17)10-9-12-18(15,7-3)8-4/h13H,5-12H2,1-4H3,(H2,16,17). The number of hydrogen-bond acceptors (Lipinski definition) is 1. The van der Waals surface area contributed by atoms with Gasteiger partial charge < -0.3 is 5.73 Å². The van der Waals surface area contributed by atoms with Gasteiger partial charge in [0.15, 0.2) is 0 Å². The molecule has 0 saturated carbocycles. The van der Waals surface area contributed by atoms with Crippen molar-refractivity contribution in [3.05, 3.63) is 0 Å². The van der Waals surface area contributed by atoms with Gasteiger partial charge in [-0.25, -0.2) is 0 Å². The minimum atomic E-state index is -1.36. The predicted molar refractivity (Wildman–Crippen MR) is 81.3 cm³/mol. The molecule has 1 fully saturated rings. The Morgan fingerprint density at radius 3 is 2.28 bits per heavy atom. The molecule has 0 radical (unpaired) electrons. The van der Waals surface area contributed by atoms with Crippen molar-refractivity contribution in [1.82, 2.24) is 0 Å². The molecule has 3 heteroatoms. The van der Waals surface area contributed by atoms with Gasteiger partial charge in [-0.15, -0.1) is 0 Å². The largest absolute Gasteiger partial charge is 0.369 e. The van der Waals surface area contributed by atoms with Gasteiger partial charge >= 0.3 is 0 Å². The molecule has 1 saturated heterocycles. The zero-order valence-electron chi connectivity index (χ0n) is 12.7. The van der Waals surface area contributed by atoms with Crippen LogP contribution < -0.4 is 5.73 Å². The molecular formula is C15H31NOSi. The first-order valence-corrected chi connectivity index (χ1v) is 10.4. The van der Waals surface area contributed by atoms with Crippen LogP contribution in [0.1, 0.15) is 59.8 Å². The van der Waals surface area contributed by atoms with Gasteiger partial charge in [-0.2, -0.15) is 0 Å². The maximum atomic E-state index is 12.0. The average Bonchev–Trinajstić information content (AvgIpc) is 2.38. The van der Waals surface area contributed by atoms with Crippen LogP contribution in [0.3, 0.4) is 0 Å². The summed E-state index contributed by atoms with van der Waals surface area (Å²) in [6, 6.07) is 4.06. The summed E-state index contributed by atoms with van der Waals surface area (Å²) in [5.41, 5.74) is 5.76. The molecule has 1 amide bonds. The van der Waals surface area contributed by atoms with Gasteiger partial charge in [0.1, 0.15) is 0 Å². The quantitative estimate of drug-likeness (QED) is 0.717. The van der Waals surface area contributed by atoms with E-state index in [1.807, 2.05) is 0 Å². The van der Waals surface area contributed by atoms with Crippen molar-refractivity contribution in [3.8, 4) is 0 Å². The van der Waals surface area contributed by atoms with E-state index in [0.717, 1.165) is 12.8 Å². The molecule has 0 spiro atoms. The zero-order chi connectivity index (χ0) is 13.8. The normalized spacial score (nSPS) is 31.2. The lowest BCUT2D eigenvalue weighted by atomic mass is 9.81. The van der Waals surface area contributed by atoms with Gasteiger partial charge in [0.25, 0.3) is 0 Å². The minimum Gasteiger partial charge on any atom is -0.369 e. The lowest BCUT2D eigenvalue weighted by molar-refractivity contribution is -0.123. The Bertz CT molecular complexity index is 288. The summed E-state index contributed by atoms with van der Waals surface area (Å²) in [7, 11) is -1.36. The van der Waals surface area contributed by atoms with Gasteiger partial charge in [0.05, 0.1) is 8.07 Å². The third-order valence-corrected chi connectivity index (χ3v) is 13.0. The van der Waals surface area contributed by atoms with Crippen molar-refractivity contribution in [1.29, 1.82) is 0 Å². The van der Waals surface area contributed by atoms with Crippen LogP contribution in [0.5, 0.6) is 0 Å². The predicted octanol–water partition coefficient (Wildman–Crippen LogP) is 4.32. The third-order valence-electron chi connectivity index (χ3n) is 5.90. The molecule has 106 valence electrons. The minimum absolute atomic E-state index is 0.0243. The molecule has 18 heavy (non-hydrogen) atoms. The van der Waals surface area contributed by atoms with E-state index < -0.39 is 8.07 Å². The lowest BCUT2D eigenvalue weighted by Gasteiger charge is -2.56. The SMILES string of the molecule is CCCC1(CC)C(C(N)=O)CCC[Si]1(CC)CC. The highest BCUT2D eigenvalue weighted by Crippen LogP contribution is 2.61.